The summed E-state index contributed by atoms with van der Waals surface area (Å²) in [4.78, 5) is 41.3. The Morgan fingerprint density at radius 2 is 1.81 bits per heavy atom. The molecule has 1 aliphatic carbocycles. The molecule has 11 heteroatoms. The van der Waals surface area contributed by atoms with Gasteiger partial charge in [-0.3, -0.25) is 14.4 Å². The lowest BCUT2D eigenvalue weighted by Gasteiger charge is -2.35. The van der Waals surface area contributed by atoms with Crippen LogP contribution in [0.15, 0.2) is 6.20 Å². The van der Waals surface area contributed by atoms with E-state index in [0.29, 0.717) is 5.92 Å². The van der Waals surface area contributed by atoms with Crippen LogP contribution >= 0.6 is 0 Å². The van der Waals surface area contributed by atoms with Gasteiger partial charge in [0.15, 0.2) is 0 Å². The predicted octanol–water partition coefficient (Wildman–Crippen LogP) is 1.14. The van der Waals surface area contributed by atoms with E-state index in [0.717, 1.165) is 18.5 Å². The second-order valence-electron chi connectivity index (χ2n) is 12.1. The smallest absolute Gasteiger partial charge is 0.248 e. The predicted molar refractivity (Wildman–Crippen MR) is 133 cm³/mol. The van der Waals surface area contributed by atoms with Crippen LogP contribution in [0.25, 0.3) is 0 Å². The quantitative estimate of drug-likeness (QED) is 0.480. The van der Waals surface area contributed by atoms with Crippen LogP contribution in [0.3, 0.4) is 0 Å². The molecule has 2 heterocycles. The fourth-order valence-electron chi connectivity index (χ4n) is 4.75. The number of likely N-dealkylation sites (tertiary alicyclic amines) is 1. The lowest BCUT2D eigenvalue weighted by Crippen LogP contribution is -2.58. The zero-order valence-electron chi connectivity index (χ0n) is 22.7. The summed E-state index contributed by atoms with van der Waals surface area (Å²) >= 11 is 0. The molecule has 1 aromatic heterocycles. The molecule has 5 atom stereocenters. The molecular formula is C25H42N6O5. The number of nitrogens with zero attached hydrogens (tertiary/aromatic N) is 4. The first-order valence-electron chi connectivity index (χ1n) is 12.7. The Hall–Kier alpha value is -2.53. The Morgan fingerprint density at radius 3 is 2.33 bits per heavy atom. The molecule has 3 rings (SSSR count). The monoisotopic (exact) mass is 506 g/mol. The van der Waals surface area contributed by atoms with Crippen LogP contribution < -0.4 is 10.6 Å². The number of likely N-dealkylation sites (N-methyl/N-ethyl adjacent to an activating group) is 1. The van der Waals surface area contributed by atoms with Gasteiger partial charge in [0.05, 0.1) is 23.5 Å². The third kappa shape index (κ3) is 6.61. The lowest BCUT2D eigenvalue weighted by molar-refractivity contribution is -0.146. The van der Waals surface area contributed by atoms with Crippen molar-refractivity contribution in [2.45, 2.75) is 110 Å². The van der Waals surface area contributed by atoms with Crippen molar-refractivity contribution in [1.82, 2.24) is 30.5 Å². The van der Waals surface area contributed by atoms with E-state index in [9.17, 15) is 19.5 Å². The number of carbonyl (C=O) groups is 3. The minimum absolute atomic E-state index is 0.0202. The first-order valence-corrected chi connectivity index (χ1v) is 12.7. The lowest BCUT2D eigenvalue weighted by atomic mass is 9.85. The second-order valence-corrected chi connectivity index (χ2v) is 12.1. The van der Waals surface area contributed by atoms with Crippen molar-refractivity contribution in [3.8, 4) is 0 Å². The summed E-state index contributed by atoms with van der Waals surface area (Å²) in [7, 11) is 1.49. The van der Waals surface area contributed by atoms with Gasteiger partial charge in [0.2, 0.25) is 17.7 Å². The number of aliphatic hydroxyl groups is 1. The minimum atomic E-state index is -0.966. The summed E-state index contributed by atoms with van der Waals surface area (Å²) in [5, 5.41) is 24.3. The summed E-state index contributed by atoms with van der Waals surface area (Å²) < 4.78 is 7.51. The molecular weight excluding hydrogens is 464 g/mol. The number of carbonyl (C=O) groups excluding carboxylic acids is 3. The normalized spacial score (nSPS) is 23.2. The third-order valence-corrected chi connectivity index (χ3v) is 6.54. The molecule has 0 radical (unpaired) electrons. The molecule has 11 nitrogen and oxygen atoms in total. The molecule has 1 saturated carbocycles. The molecule has 0 bridgehead atoms. The Bertz CT molecular complexity index is 961. The van der Waals surface area contributed by atoms with Gasteiger partial charge in [0, 0.05) is 32.1 Å². The van der Waals surface area contributed by atoms with E-state index in [2.05, 4.69) is 20.9 Å². The van der Waals surface area contributed by atoms with E-state index >= 15 is 0 Å². The number of β-amino-alcohol motifs (C(OH)–C–C–N with tert-alkyl or cyclic N) is 1. The van der Waals surface area contributed by atoms with Crippen molar-refractivity contribution in [1.29, 1.82) is 0 Å². The number of hydrogen-bond donors (Lipinski definition) is 3. The second kappa shape index (κ2) is 10.5. The van der Waals surface area contributed by atoms with Gasteiger partial charge in [-0.05, 0) is 46.0 Å². The Kier molecular flexibility index (Phi) is 8.14. The van der Waals surface area contributed by atoms with E-state index in [4.69, 9.17) is 4.74 Å². The summed E-state index contributed by atoms with van der Waals surface area (Å²) in [6.07, 6.45) is 2.55. The van der Waals surface area contributed by atoms with E-state index in [-0.39, 0.29) is 18.9 Å². The highest BCUT2D eigenvalue weighted by Gasteiger charge is 2.46. The zero-order chi connectivity index (χ0) is 27.0. The summed E-state index contributed by atoms with van der Waals surface area (Å²) in [5.41, 5.74) is -0.187. The Labute approximate surface area is 213 Å². The molecule has 0 spiro atoms. The van der Waals surface area contributed by atoms with E-state index in [1.165, 1.54) is 11.9 Å². The van der Waals surface area contributed by atoms with Gasteiger partial charge in [0.25, 0.3) is 0 Å². The summed E-state index contributed by atoms with van der Waals surface area (Å²) in [5.74, 6) is -0.843. The molecule has 36 heavy (non-hydrogen) atoms. The van der Waals surface area contributed by atoms with E-state index in [1.807, 2.05) is 47.7 Å². The molecule has 3 N–H and O–H groups in total. The third-order valence-electron chi connectivity index (χ3n) is 6.54. The van der Waals surface area contributed by atoms with Crippen LogP contribution in [0.1, 0.15) is 85.4 Å². The topological polar surface area (TPSA) is 139 Å². The number of rotatable bonds is 8. The maximum absolute atomic E-state index is 13.9. The molecule has 2 unspecified atom stereocenters. The van der Waals surface area contributed by atoms with Gasteiger partial charge in [-0.15, -0.1) is 5.10 Å². The molecule has 1 aliphatic heterocycles. The molecule has 2 aliphatic rings. The van der Waals surface area contributed by atoms with Gasteiger partial charge in [-0.1, -0.05) is 26.0 Å². The molecule has 1 saturated heterocycles. The highest BCUT2D eigenvalue weighted by molar-refractivity contribution is 5.93. The summed E-state index contributed by atoms with van der Waals surface area (Å²) in [6.45, 7) is 13.1. The van der Waals surface area contributed by atoms with Crippen molar-refractivity contribution in [3.63, 3.8) is 0 Å². The standard InChI is InChI=1S/C25H42N6O5/c1-14(36-25(5,6)7)19(22(34)26-8)27-21(33)18-11-16(32)12-30(18)23(35)20(24(2,3)4)31-13-17(28-29-31)15-9-10-15/h13-16,18-20,32H,9-12H2,1-8H3,(H,26,34)(H,27,33)/t14-,16?,18?,19+,20-/m1/s1. The highest BCUT2D eigenvalue weighted by atomic mass is 16.5. The Morgan fingerprint density at radius 1 is 1.17 bits per heavy atom. The van der Waals surface area contributed by atoms with Crippen LogP contribution in [0.4, 0.5) is 0 Å². The molecule has 202 valence electrons. The minimum Gasteiger partial charge on any atom is -0.391 e. The maximum atomic E-state index is 13.9. The fourth-order valence-corrected chi connectivity index (χ4v) is 4.75. The first-order chi connectivity index (χ1) is 16.6. The van der Waals surface area contributed by atoms with Crippen LogP contribution in [0.2, 0.25) is 0 Å². The maximum Gasteiger partial charge on any atom is 0.248 e. The Balaban J connectivity index is 1.83. The first kappa shape index (κ1) is 28.0. The number of amides is 3. The number of ether oxygens (including phenoxy) is 1. The number of nitrogens with one attached hydrogen (secondary N) is 2. The average molecular weight is 507 g/mol. The fraction of sp³-hybridized carbons (Fsp3) is 0.800. The molecule has 1 aromatic rings. The van der Waals surface area contributed by atoms with E-state index < -0.39 is 53.2 Å². The van der Waals surface area contributed by atoms with Gasteiger partial charge in [-0.2, -0.15) is 0 Å². The zero-order valence-corrected chi connectivity index (χ0v) is 22.7. The van der Waals surface area contributed by atoms with Crippen LogP contribution in [-0.2, 0) is 19.1 Å². The SMILES string of the molecule is CNC(=O)[C@@H](NC(=O)C1CC(O)CN1C(=O)[C@@H](n1cc(C2CC2)nn1)C(C)(C)C)[C@@H](C)OC(C)(C)C. The van der Waals surface area contributed by atoms with Gasteiger partial charge < -0.3 is 25.4 Å². The van der Waals surface area contributed by atoms with Gasteiger partial charge >= 0.3 is 0 Å². The number of hydrogen-bond acceptors (Lipinski definition) is 7. The van der Waals surface area contributed by atoms with E-state index in [1.54, 1.807) is 11.6 Å². The van der Waals surface area contributed by atoms with Crippen molar-refractivity contribution >= 4 is 17.7 Å². The highest BCUT2D eigenvalue weighted by Crippen LogP contribution is 2.40. The summed E-state index contributed by atoms with van der Waals surface area (Å²) in [6, 6.07) is -2.61. The van der Waals surface area contributed by atoms with Crippen LogP contribution in [0.5, 0.6) is 0 Å². The molecule has 0 aromatic carbocycles. The largest absolute Gasteiger partial charge is 0.391 e. The molecule has 2 fully saturated rings. The van der Waals surface area contributed by atoms with Crippen LogP contribution in [-0.4, -0.2) is 86.2 Å². The molecule has 3 amide bonds. The number of aliphatic hydroxyl groups excluding tert-OH is 1. The van der Waals surface area contributed by atoms with Gasteiger partial charge in [0.1, 0.15) is 18.1 Å². The number of aromatic nitrogens is 3. The van der Waals surface area contributed by atoms with Crippen molar-refractivity contribution in [3.05, 3.63) is 11.9 Å². The van der Waals surface area contributed by atoms with Crippen LogP contribution in [0, 0.1) is 5.41 Å². The van der Waals surface area contributed by atoms with Gasteiger partial charge in [-0.25, -0.2) is 4.68 Å². The average Bonchev–Trinajstić information content (AvgIpc) is 3.36. The van der Waals surface area contributed by atoms with Crippen molar-refractivity contribution in [2.24, 2.45) is 5.41 Å². The van der Waals surface area contributed by atoms with Crippen molar-refractivity contribution in [2.75, 3.05) is 13.6 Å². The van der Waals surface area contributed by atoms with Crippen molar-refractivity contribution < 1.29 is 24.2 Å².